The first-order chi connectivity index (χ1) is 24.5. The fraction of sp³-hybridized carbons (Fsp3) is 1.00. The largest absolute Gasteiger partial charge is 0.460 e. The lowest BCUT2D eigenvalue weighted by Crippen LogP contribution is -2.80. The van der Waals surface area contributed by atoms with Crippen LogP contribution in [0.4, 0.5) is 145 Å². The highest BCUT2D eigenvalue weighted by molar-refractivity contribution is 7.99. The molecule has 0 aromatic heterocycles. The number of hydrogen-bond donors (Lipinski definition) is 2. The highest BCUT2D eigenvalue weighted by atomic mass is 32.2. The quantitative estimate of drug-likeness (QED) is 0.0725. The van der Waals surface area contributed by atoms with E-state index in [9.17, 15) is 149 Å². The van der Waals surface area contributed by atoms with Gasteiger partial charge in [-0.15, -0.1) is 0 Å². The average molecular weight is 988 g/mol. The highest BCUT2D eigenvalue weighted by Gasteiger charge is 3.01. The van der Waals surface area contributed by atoms with E-state index in [1.807, 2.05) is 0 Å². The fourth-order valence-electron chi connectivity index (χ4n) is 3.42. The lowest BCUT2D eigenvalue weighted by Gasteiger charge is -2.47. The molecule has 0 bridgehead atoms. The van der Waals surface area contributed by atoms with E-state index in [0.717, 1.165) is 0 Å². The smallest absolute Gasteiger partial charge is 0.324 e. The van der Waals surface area contributed by atoms with Gasteiger partial charge in [0.05, 0.1) is 6.16 Å². The summed E-state index contributed by atoms with van der Waals surface area (Å²) in [6.07, 6.45) is -12.9. The van der Waals surface area contributed by atoms with Crippen molar-refractivity contribution in [3.8, 4) is 0 Å². The van der Waals surface area contributed by atoms with Crippen molar-refractivity contribution in [1.29, 1.82) is 0 Å². The normalized spacial score (nSPS) is 16.9. The summed E-state index contributed by atoms with van der Waals surface area (Å²) in [5, 5.41) is 0. The Morgan fingerprint density at radius 1 is 0.310 bits per heavy atom. The monoisotopic (exact) mass is 988 g/mol. The van der Waals surface area contributed by atoms with Crippen molar-refractivity contribution in [2.45, 2.75) is 101 Å². The second kappa shape index (κ2) is 14.6. The molecular weight excluding hydrogens is 978 g/mol. The molecule has 0 amide bonds. The molecule has 0 aromatic rings. The Morgan fingerprint density at radius 2 is 0.500 bits per heavy atom. The van der Waals surface area contributed by atoms with E-state index in [4.69, 9.17) is 9.79 Å². The lowest BCUT2D eigenvalue weighted by molar-refractivity contribution is -0.491. The number of hydrogen-bond acceptors (Lipinski definition) is 2. The molecule has 350 valence electrons. The molecule has 3 nitrogen and oxygen atoms in total. The van der Waals surface area contributed by atoms with Gasteiger partial charge in [0.25, 0.3) is 0 Å². The van der Waals surface area contributed by atoms with E-state index in [-0.39, 0.29) is 0 Å². The van der Waals surface area contributed by atoms with Gasteiger partial charge in [-0.3, -0.25) is 4.57 Å². The van der Waals surface area contributed by atoms with Crippen molar-refractivity contribution in [2.24, 2.45) is 0 Å². The summed E-state index contributed by atoms with van der Waals surface area (Å²) in [5.74, 6) is -146. The fourth-order valence-corrected chi connectivity index (χ4v) is 5.49. The number of thioether (sulfide) groups is 1. The molecule has 0 saturated heterocycles. The third-order valence-electron chi connectivity index (χ3n) is 7.03. The molecule has 0 atom stereocenters. The summed E-state index contributed by atoms with van der Waals surface area (Å²) in [6.45, 7) is 0. The van der Waals surface area contributed by atoms with Crippen LogP contribution in [0.1, 0.15) is 6.42 Å². The molecule has 0 rings (SSSR count). The first-order valence-electron chi connectivity index (χ1n) is 12.8. The standard InChI is InChI=1S/C20H10F33O3PS/c21-5(22,1-3-58-4-2-57(54,55)56)6(23,24)7(25,26)8(27,28)9(29,30)10(31,32)11(33,34)12(35,36)13(37,38)14(39,40)15(41,42)16(43,44)17(45,46)18(47,48)19(49,50)20(51,52)53/h1-4H2,(H2,54,55,56). The van der Waals surface area contributed by atoms with Crippen LogP contribution in [0.2, 0.25) is 0 Å². The highest BCUT2D eigenvalue weighted by Crippen LogP contribution is 2.70. The van der Waals surface area contributed by atoms with Crippen molar-refractivity contribution in [3.63, 3.8) is 0 Å². The Hall–Kier alpha value is -1.81. The number of alkyl halides is 33. The Bertz CT molecular complexity index is 1510. The van der Waals surface area contributed by atoms with Crippen LogP contribution in [0.3, 0.4) is 0 Å². The van der Waals surface area contributed by atoms with Gasteiger partial charge in [-0.2, -0.15) is 157 Å². The van der Waals surface area contributed by atoms with Crippen LogP contribution in [0.25, 0.3) is 0 Å². The number of rotatable bonds is 20. The zero-order chi connectivity index (χ0) is 48.0. The first kappa shape index (κ1) is 56.2. The van der Waals surface area contributed by atoms with Crippen LogP contribution in [-0.2, 0) is 4.57 Å². The summed E-state index contributed by atoms with van der Waals surface area (Å²) in [4.78, 5) is 16.9. The van der Waals surface area contributed by atoms with E-state index >= 15 is 0 Å². The number of halogens is 33. The van der Waals surface area contributed by atoms with Crippen molar-refractivity contribution in [3.05, 3.63) is 0 Å². The second-order valence-corrected chi connectivity index (χ2v) is 14.0. The molecule has 58 heavy (non-hydrogen) atoms. The van der Waals surface area contributed by atoms with Gasteiger partial charge in [-0.1, -0.05) is 0 Å². The van der Waals surface area contributed by atoms with Crippen LogP contribution < -0.4 is 0 Å². The minimum absolute atomic E-state index is 0.410. The van der Waals surface area contributed by atoms with E-state index < -0.39 is 138 Å². The summed E-state index contributed by atoms with van der Waals surface area (Å²) in [7, 11) is -5.07. The van der Waals surface area contributed by atoms with Gasteiger partial charge in [0, 0.05) is 12.2 Å². The van der Waals surface area contributed by atoms with E-state index in [1.54, 1.807) is 0 Å². The third kappa shape index (κ3) is 7.48. The maximum atomic E-state index is 14.0. The van der Waals surface area contributed by atoms with Crippen LogP contribution >= 0.6 is 19.4 Å². The molecule has 38 heteroatoms. The van der Waals surface area contributed by atoms with Gasteiger partial charge in [0.1, 0.15) is 0 Å². The zero-order valence-electron chi connectivity index (χ0n) is 25.5. The predicted octanol–water partition coefficient (Wildman–Crippen LogP) is 11.4. The average Bonchev–Trinajstić information content (AvgIpc) is 2.98. The summed E-state index contributed by atoms with van der Waals surface area (Å²) in [5.41, 5.74) is 0. The van der Waals surface area contributed by atoms with Gasteiger partial charge in [0.2, 0.25) is 0 Å². The van der Waals surface area contributed by atoms with E-state index in [2.05, 4.69) is 0 Å². The summed E-state index contributed by atoms with van der Waals surface area (Å²) >= 11 is -0.410. The Balaban J connectivity index is 7.44. The minimum atomic E-state index is -10.2. The summed E-state index contributed by atoms with van der Waals surface area (Å²) < 4.78 is 459. The molecule has 0 unspecified atom stereocenters. The van der Waals surface area contributed by atoms with Gasteiger partial charge in [0.15, 0.2) is 0 Å². The molecule has 0 aliphatic heterocycles. The second-order valence-electron chi connectivity index (χ2n) is 11.0. The Labute approximate surface area is 298 Å². The molecule has 0 saturated carbocycles. The molecule has 0 aliphatic rings. The van der Waals surface area contributed by atoms with Gasteiger partial charge in [-0.05, 0) is 5.75 Å². The van der Waals surface area contributed by atoms with Crippen molar-refractivity contribution in [2.75, 3.05) is 17.7 Å². The van der Waals surface area contributed by atoms with Crippen LogP contribution in [0.5, 0.6) is 0 Å². The van der Waals surface area contributed by atoms with Gasteiger partial charge < -0.3 is 9.79 Å². The van der Waals surface area contributed by atoms with Crippen LogP contribution in [-0.4, -0.2) is 122 Å². The van der Waals surface area contributed by atoms with E-state index in [1.165, 1.54) is 0 Å². The minimum Gasteiger partial charge on any atom is -0.324 e. The third-order valence-corrected chi connectivity index (χ3v) is 9.12. The SMILES string of the molecule is O=P(O)(O)CCSCCC(F)(F)C(F)(F)C(F)(F)C(F)(F)C(F)(F)C(F)(F)C(F)(F)C(F)(F)C(F)(F)C(F)(F)C(F)(F)C(F)(F)C(F)(F)C(F)(F)C(F)(F)C(F)(F)F. The van der Waals surface area contributed by atoms with E-state index in [0.29, 0.717) is 0 Å². The Kier molecular flexibility index (Phi) is 14.2. The first-order valence-corrected chi connectivity index (χ1v) is 15.8. The van der Waals surface area contributed by atoms with Gasteiger partial charge >= 0.3 is 103 Å². The lowest BCUT2D eigenvalue weighted by atomic mass is 9.82. The zero-order valence-corrected chi connectivity index (χ0v) is 27.2. The molecule has 0 aliphatic carbocycles. The van der Waals surface area contributed by atoms with Crippen molar-refractivity contribution in [1.82, 2.24) is 0 Å². The maximum Gasteiger partial charge on any atom is 0.460 e. The molecule has 0 heterocycles. The van der Waals surface area contributed by atoms with Crippen molar-refractivity contribution < 1.29 is 159 Å². The molecule has 2 N–H and O–H groups in total. The molecule has 0 aromatic carbocycles. The molecule has 0 fully saturated rings. The topological polar surface area (TPSA) is 57.5 Å². The van der Waals surface area contributed by atoms with Crippen molar-refractivity contribution >= 4 is 19.4 Å². The molecule has 0 radical (unpaired) electrons. The van der Waals surface area contributed by atoms with Crippen LogP contribution in [0, 0.1) is 0 Å². The van der Waals surface area contributed by atoms with Gasteiger partial charge in [-0.25, -0.2) is 0 Å². The molecular formula is C20H10F33O3PS. The molecule has 0 spiro atoms. The summed E-state index contributed by atoms with van der Waals surface area (Å²) in [6, 6.07) is 0. The van der Waals surface area contributed by atoms with Crippen LogP contribution in [0.15, 0.2) is 0 Å². The maximum absolute atomic E-state index is 14.0. The predicted molar refractivity (Wildman–Crippen MR) is 119 cm³/mol. The Morgan fingerprint density at radius 3 is 0.690 bits per heavy atom.